The summed E-state index contributed by atoms with van der Waals surface area (Å²) in [5, 5.41) is 7.66. The normalized spacial score (nSPS) is 15.9. The number of aromatic nitrogens is 1. The van der Waals surface area contributed by atoms with Crippen molar-refractivity contribution in [3.8, 4) is 10.6 Å². The first-order valence-corrected chi connectivity index (χ1v) is 10.7. The highest BCUT2D eigenvalue weighted by molar-refractivity contribution is 7.13. The first kappa shape index (κ1) is 18.6. The summed E-state index contributed by atoms with van der Waals surface area (Å²) < 4.78 is 0. The Hall–Kier alpha value is -1.72. The zero-order valence-corrected chi connectivity index (χ0v) is 16.8. The van der Waals surface area contributed by atoms with Gasteiger partial charge in [-0.25, -0.2) is 4.98 Å². The van der Waals surface area contributed by atoms with Crippen molar-refractivity contribution < 1.29 is 0 Å². The fourth-order valence-electron chi connectivity index (χ4n) is 3.50. The average molecular weight is 398 g/mol. The van der Waals surface area contributed by atoms with Gasteiger partial charge in [0.2, 0.25) is 0 Å². The molecule has 4 rings (SSSR count). The quantitative estimate of drug-likeness (QED) is 0.618. The Morgan fingerprint density at radius 1 is 1.04 bits per heavy atom. The van der Waals surface area contributed by atoms with Gasteiger partial charge in [-0.1, -0.05) is 54.1 Å². The van der Waals surface area contributed by atoms with Crippen molar-refractivity contribution in [1.29, 1.82) is 0 Å². The molecule has 0 spiro atoms. The van der Waals surface area contributed by atoms with Crippen molar-refractivity contribution in [2.75, 3.05) is 13.1 Å². The summed E-state index contributed by atoms with van der Waals surface area (Å²) in [6.45, 7) is 4.21. The largest absolute Gasteiger partial charge is 0.308 e. The van der Waals surface area contributed by atoms with Crippen LogP contribution in [0.15, 0.2) is 60.0 Å². The molecule has 1 aliphatic heterocycles. The second-order valence-electron chi connectivity index (χ2n) is 7.07. The Balaban J connectivity index is 1.24. The smallest absolute Gasteiger partial charge is 0.123 e. The number of likely N-dealkylation sites (tertiary alicyclic amines) is 1. The number of rotatable bonds is 6. The van der Waals surface area contributed by atoms with Crippen molar-refractivity contribution >= 4 is 22.9 Å². The van der Waals surface area contributed by atoms with Crippen LogP contribution in [0.5, 0.6) is 0 Å². The van der Waals surface area contributed by atoms with Gasteiger partial charge in [-0.15, -0.1) is 11.3 Å². The molecule has 1 aromatic heterocycles. The summed E-state index contributed by atoms with van der Waals surface area (Å²) in [5.74, 6) is 0. The number of thiazole rings is 1. The molecule has 3 aromatic rings. The molecule has 3 nitrogen and oxygen atoms in total. The van der Waals surface area contributed by atoms with E-state index in [-0.39, 0.29) is 0 Å². The SMILES string of the molecule is Clc1ccc(-c2nc(CNC3CCN(Cc4ccccc4)CC3)cs2)cc1. The Morgan fingerprint density at radius 3 is 2.52 bits per heavy atom. The van der Waals surface area contributed by atoms with E-state index in [2.05, 4.69) is 45.9 Å². The minimum absolute atomic E-state index is 0.581. The monoisotopic (exact) mass is 397 g/mol. The van der Waals surface area contributed by atoms with E-state index in [1.165, 1.54) is 18.4 Å². The topological polar surface area (TPSA) is 28.2 Å². The van der Waals surface area contributed by atoms with E-state index in [9.17, 15) is 0 Å². The van der Waals surface area contributed by atoms with E-state index < -0.39 is 0 Å². The van der Waals surface area contributed by atoms with Crippen molar-refractivity contribution in [3.63, 3.8) is 0 Å². The van der Waals surface area contributed by atoms with Gasteiger partial charge in [0.05, 0.1) is 5.69 Å². The summed E-state index contributed by atoms with van der Waals surface area (Å²) in [6, 6.07) is 19.2. The molecule has 0 unspecified atom stereocenters. The highest BCUT2D eigenvalue weighted by atomic mass is 35.5. The molecule has 27 heavy (non-hydrogen) atoms. The maximum absolute atomic E-state index is 5.97. The van der Waals surface area contributed by atoms with Gasteiger partial charge in [-0.3, -0.25) is 4.90 Å². The molecule has 2 aromatic carbocycles. The molecular formula is C22H24ClN3S. The fraction of sp³-hybridized carbons (Fsp3) is 0.318. The number of nitrogens with one attached hydrogen (secondary N) is 1. The van der Waals surface area contributed by atoms with E-state index in [0.717, 1.165) is 47.5 Å². The van der Waals surface area contributed by atoms with Crippen LogP contribution in [0.2, 0.25) is 5.02 Å². The molecular weight excluding hydrogens is 374 g/mol. The number of hydrogen-bond donors (Lipinski definition) is 1. The number of hydrogen-bond acceptors (Lipinski definition) is 4. The van der Waals surface area contributed by atoms with E-state index in [1.54, 1.807) is 11.3 Å². The molecule has 0 aliphatic carbocycles. The third-order valence-corrected chi connectivity index (χ3v) is 6.24. The van der Waals surface area contributed by atoms with Gasteiger partial charge in [0, 0.05) is 35.1 Å². The lowest BCUT2D eigenvalue weighted by atomic mass is 10.0. The third kappa shape index (κ3) is 5.17. The maximum Gasteiger partial charge on any atom is 0.123 e. The predicted molar refractivity (Wildman–Crippen MR) is 114 cm³/mol. The lowest BCUT2D eigenvalue weighted by Crippen LogP contribution is -2.41. The summed E-state index contributed by atoms with van der Waals surface area (Å²) in [6.07, 6.45) is 2.39. The van der Waals surface area contributed by atoms with Gasteiger partial charge in [-0.2, -0.15) is 0 Å². The zero-order chi connectivity index (χ0) is 18.5. The second-order valence-corrected chi connectivity index (χ2v) is 8.36. The van der Waals surface area contributed by atoms with Crippen LogP contribution in [0, 0.1) is 0 Å². The molecule has 0 amide bonds. The molecule has 140 valence electrons. The minimum Gasteiger partial charge on any atom is -0.308 e. The number of piperidine rings is 1. The summed E-state index contributed by atoms with van der Waals surface area (Å²) in [4.78, 5) is 7.32. The van der Waals surface area contributed by atoms with Crippen LogP contribution in [-0.4, -0.2) is 29.0 Å². The molecule has 1 aliphatic rings. The highest BCUT2D eigenvalue weighted by Gasteiger charge is 2.19. The maximum atomic E-state index is 5.97. The van der Waals surface area contributed by atoms with Crippen LogP contribution in [0.3, 0.4) is 0 Å². The molecule has 1 N–H and O–H groups in total. The Morgan fingerprint density at radius 2 is 1.78 bits per heavy atom. The molecule has 1 saturated heterocycles. The molecule has 5 heteroatoms. The summed E-state index contributed by atoms with van der Waals surface area (Å²) in [7, 11) is 0. The van der Waals surface area contributed by atoms with Crippen LogP contribution >= 0.6 is 22.9 Å². The first-order chi connectivity index (χ1) is 13.3. The van der Waals surface area contributed by atoms with Crippen molar-refractivity contribution in [2.45, 2.75) is 32.0 Å². The van der Waals surface area contributed by atoms with E-state index >= 15 is 0 Å². The van der Waals surface area contributed by atoms with E-state index in [1.807, 2.05) is 24.3 Å². The van der Waals surface area contributed by atoms with E-state index in [4.69, 9.17) is 16.6 Å². The average Bonchev–Trinajstić information content (AvgIpc) is 3.18. The number of benzene rings is 2. The van der Waals surface area contributed by atoms with Crippen LogP contribution < -0.4 is 5.32 Å². The van der Waals surface area contributed by atoms with Crippen LogP contribution in [0.4, 0.5) is 0 Å². The molecule has 0 atom stereocenters. The third-order valence-electron chi connectivity index (χ3n) is 5.05. The first-order valence-electron chi connectivity index (χ1n) is 9.46. The Labute approximate surface area is 170 Å². The summed E-state index contributed by atoms with van der Waals surface area (Å²) >= 11 is 7.66. The van der Waals surface area contributed by atoms with Crippen molar-refractivity contribution in [3.05, 3.63) is 76.3 Å². The minimum atomic E-state index is 0.581. The van der Waals surface area contributed by atoms with Gasteiger partial charge >= 0.3 is 0 Å². The molecule has 0 saturated carbocycles. The molecule has 0 bridgehead atoms. The number of nitrogens with zero attached hydrogens (tertiary/aromatic N) is 2. The molecule has 0 radical (unpaired) electrons. The lowest BCUT2D eigenvalue weighted by molar-refractivity contribution is 0.190. The van der Waals surface area contributed by atoms with Gasteiger partial charge in [-0.05, 0) is 43.6 Å². The Bertz CT molecular complexity index is 840. The number of halogens is 1. The molecule has 2 heterocycles. The van der Waals surface area contributed by atoms with Crippen LogP contribution in [0.25, 0.3) is 10.6 Å². The highest BCUT2D eigenvalue weighted by Crippen LogP contribution is 2.25. The van der Waals surface area contributed by atoms with Crippen molar-refractivity contribution in [1.82, 2.24) is 15.2 Å². The second kappa shape index (κ2) is 8.98. The zero-order valence-electron chi connectivity index (χ0n) is 15.3. The fourth-order valence-corrected chi connectivity index (χ4v) is 4.45. The van der Waals surface area contributed by atoms with Gasteiger partial charge in [0.15, 0.2) is 0 Å². The Kier molecular flexibility index (Phi) is 6.20. The van der Waals surface area contributed by atoms with Crippen LogP contribution in [-0.2, 0) is 13.1 Å². The van der Waals surface area contributed by atoms with Crippen molar-refractivity contribution in [2.24, 2.45) is 0 Å². The lowest BCUT2D eigenvalue weighted by Gasteiger charge is -2.32. The standard InChI is InChI=1S/C22H24ClN3S/c23-19-8-6-18(7-9-19)22-25-21(16-27-22)14-24-20-10-12-26(13-11-20)15-17-4-2-1-3-5-17/h1-9,16,20,24H,10-15H2. The van der Waals surface area contributed by atoms with Gasteiger partial charge in [0.25, 0.3) is 0 Å². The summed E-state index contributed by atoms with van der Waals surface area (Å²) in [5.41, 5.74) is 3.66. The van der Waals surface area contributed by atoms with E-state index in [0.29, 0.717) is 6.04 Å². The van der Waals surface area contributed by atoms with Gasteiger partial charge < -0.3 is 5.32 Å². The van der Waals surface area contributed by atoms with Gasteiger partial charge in [0.1, 0.15) is 5.01 Å². The predicted octanol–water partition coefficient (Wildman–Crippen LogP) is 5.22. The molecule has 1 fully saturated rings. The van der Waals surface area contributed by atoms with Crippen LogP contribution in [0.1, 0.15) is 24.1 Å².